The van der Waals surface area contributed by atoms with Crippen LogP contribution in [0.15, 0.2) is 47.8 Å². The lowest BCUT2D eigenvalue weighted by Crippen LogP contribution is -2.33. The molecular weight excluding hydrogens is 352 g/mol. The highest BCUT2D eigenvalue weighted by atomic mass is 19.3. The van der Waals surface area contributed by atoms with Gasteiger partial charge in [-0.2, -0.15) is 0 Å². The minimum Gasteiger partial charge on any atom is -0.289 e. The maximum absolute atomic E-state index is 13.2. The fourth-order valence-corrected chi connectivity index (χ4v) is 3.71. The molecule has 1 saturated heterocycles. The van der Waals surface area contributed by atoms with E-state index in [4.69, 9.17) is 0 Å². The largest absolute Gasteiger partial charge is 0.289 e. The summed E-state index contributed by atoms with van der Waals surface area (Å²) in [6.07, 6.45) is 4.00. The van der Waals surface area contributed by atoms with Gasteiger partial charge in [-0.05, 0) is 31.5 Å². The van der Waals surface area contributed by atoms with E-state index in [1.807, 2.05) is 0 Å². The van der Waals surface area contributed by atoms with Crippen molar-refractivity contribution in [3.8, 4) is 0 Å². The molecule has 6 nitrogen and oxygen atoms in total. The molecule has 2 aromatic heterocycles. The molecule has 0 aliphatic carbocycles. The fraction of sp³-hybridized carbons (Fsp3) is 0.368. The Morgan fingerprint density at radius 3 is 2.74 bits per heavy atom. The van der Waals surface area contributed by atoms with Crippen LogP contribution in [-0.4, -0.2) is 37.4 Å². The number of aromatic nitrogens is 4. The number of fused-ring (bicyclic) bond motifs is 1. The number of hydrogen-bond acceptors (Lipinski definition) is 5. The first-order chi connectivity index (χ1) is 13.1. The molecular formula is C19H19F2N5O. The topological polar surface area (TPSA) is 63.9 Å². The van der Waals surface area contributed by atoms with Crippen LogP contribution in [0.3, 0.4) is 0 Å². The van der Waals surface area contributed by atoms with Crippen molar-refractivity contribution < 1.29 is 8.78 Å². The van der Waals surface area contributed by atoms with Crippen LogP contribution in [0.1, 0.15) is 30.3 Å². The van der Waals surface area contributed by atoms with Gasteiger partial charge in [0.1, 0.15) is 12.2 Å². The summed E-state index contributed by atoms with van der Waals surface area (Å²) in [7, 11) is 0. The van der Waals surface area contributed by atoms with E-state index in [0.29, 0.717) is 23.3 Å². The van der Waals surface area contributed by atoms with Crippen molar-refractivity contribution in [2.24, 2.45) is 0 Å². The average Bonchev–Trinajstić information content (AvgIpc) is 3.12. The minimum absolute atomic E-state index is 0.193. The Morgan fingerprint density at radius 1 is 1.19 bits per heavy atom. The van der Waals surface area contributed by atoms with E-state index in [9.17, 15) is 13.6 Å². The molecule has 0 N–H and O–H groups in total. The molecule has 3 heterocycles. The van der Waals surface area contributed by atoms with Crippen molar-refractivity contribution in [2.75, 3.05) is 6.54 Å². The number of halogens is 2. The average molecular weight is 371 g/mol. The first-order valence-electron chi connectivity index (χ1n) is 8.89. The Kier molecular flexibility index (Phi) is 4.89. The number of para-hydroxylation sites is 1. The molecule has 0 spiro atoms. The summed E-state index contributed by atoms with van der Waals surface area (Å²) in [6, 6.07) is 6.70. The van der Waals surface area contributed by atoms with Crippen LogP contribution in [-0.2, 0) is 13.1 Å². The maximum Gasteiger partial charge on any atom is 0.261 e. The number of rotatable bonds is 5. The van der Waals surface area contributed by atoms with Gasteiger partial charge in [-0.3, -0.25) is 14.3 Å². The Hall–Kier alpha value is -2.74. The second-order valence-electron chi connectivity index (χ2n) is 6.67. The summed E-state index contributed by atoms with van der Waals surface area (Å²) in [6.45, 7) is 0.741. The van der Waals surface area contributed by atoms with Gasteiger partial charge in [-0.25, -0.2) is 23.7 Å². The first kappa shape index (κ1) is 17.7. The molecule has 1 fully saturated rings. The highest BCUT2D eigenvalue weighted by Gasteiger charge is 2.31. The van der Waals surface area contributed by atoms with Gasteiger partial charge in [0.15, 0.2) is 0 Å². The lowest BCUT2D eigenvalue weighted by atomic mass is 10.1. The zero-order valence-electron chi connectivity index (χ0n) is 14.6. The lowest BCUT2D eigenvalue weighted by molar-refractivity contribution is 0.120. The third kappa shape index (κ3) is 3.57. The summed E-state index contributed by atoms with van der Waals surface area (Å²) >= 11 is 0. The Bertz CT molecular complexity index is 992. The van der Waals surface area contributed by atoms with Crippen molar-refractivity contribution in [1.29, 1.82) is 0 Å². The Balaban J connectivity index is 1.77. The molecule has 1 aliphatic rings. The van der Waals surface area contributed by atoms with Crippen LogP contribution in [0.2, 0.25) is 0 Å². The maximum atomic E-state index is 13.2. The third-order valence-corrected chi connectivity index (χ3v) is 4.87. The smallest absolute Gasteiger partial charge is 0.261 e. The van der Waals surface area contributed by atoms with E-state index in [1.165, 1.54) is 6.33 Å². The van der Waals surface area contributed by atoms with Gasteiger partial charge in [-0.1, -0.05) is 12.1 Å². The molecule has 0 saturated carbocycles. The summed E-state index contributed by atoms with van der Waals surface area (Å²) < 4.78 is 27.5. The van der Waals surface area contributed by atoms with E-state index < -0.39 is 18.5 Å². The summed E-state index contributed by atoms with van der Waals surface area (Å²) in [5.41, 5.74) is 1.07. The number of likely N-dealkylation sites (tertiary alicyclic amines) is 1. The highest BCUT2D eigenvalue weighted by molar-refractivity contribution is 5.77. The molecule has 0 amide bonds. The number of nitrogens with zero attached hydrogens (tertiary/aromatic N) is 5. The van der Waals surface area contributed by atoms with Crippen molar-refractivity contribution in [2.45, 2.75) is 38.4 Å². The fourth-order valence-electron chi connectivity index (χ4n) is 3.71. The molecule has 0 radical (unpaired) electrons. The van der Waals surface area contributed by atoms with E-state index in [0.717, 1.165) is 29.5 Å². The van der Waals surface area contributed by atoms with Crippen LogP contribution < -0.4 is 5.56 Å². The molecule has 8 heteroatoms. The van der Waals surface area contributed by atoms with Crippen LogP contribution in [0.5, 0.6) is 0 Å². The molecule has 1 atom stereocenters. The van der Waals surface area contributed by atoms with E-state index in [2.05, 4.69) is 19.9 Å². The normalized spacial score (nSPS) is 17.8. The Labute approximate surface area is 154 Å². The predicted octanol–water partition coefficient (Wildman–Crippen LogP) is 2.79. The lowest BCUT2D eigenvalue weighted by Gasteiger charge is -2.26. The molecule has 4 rings (SSSR count). The molecule has 140 valence electrons. The molecule has 0 bridgehead atoms. The van der Waals surface area contributed by atoms with Crippen molar-refractivity contribution >= 4 is 10.9 Å². The van der Waals surface area contributed by atoms with Crippen molar-refractivity contribution in [3.05, 3.63) is 64.7 Å². The summed E-state index contributed by atoms with van der Waals surface area (Å²) in [5.74, 6) is 0.411. The molecule has 1 aromatic carbocycles. The molecule has 3 aromatic rings. The van der Waals surface area contributed by atoms with Crippen LogP contribution in [0.4, 0.5) is 8.78 Å². The molecule has 27 heavy (non-hydrogen) atoms. The van der Waals surface area contributed by atoms with Gasteiger partial charge in [0.25, 0.3) is 12.0 Å². The van der Waals surface area contributed by atoms with Crippen LogP contribution in [0, 0.1) is 0 Å². The van der Waals surface area contributed by atoms with Gasteiger partial charge in [0, 0.05) is 24.5 Å². The monoisotopic (exact) mass is 371 g/mol. The van der Waals surface area contributed by atoms with E-state index in [1.54, 1.807) is 36.7 Å². The summed E-state index contributed by atoms with van der Waals surface area (Å²) in [5, 5.41) is 0.364. The second kappa shape index (κ2) is 7.48. The minimum atomic E-state index is -2.62. The number of alkyl halides is 2. The zero-order chi connectivity index (χ0) is 18.8. The van der Waals surface area contributed by atoms with Gasteiger partial charge in [0.05, 0.1) is 23.5 Å². The van der Waals surface area contributed by atoms with Crippen LogP contribution >= 0.6 is 0 Å². The van der Waals surface area contributed by atoms with Crippen LogP contribution in [0.25, 0.3) is 10.9 Å². The van der Waals surface area contributed by atoms with E-state index >= 15 is 0 Å². The number of hydrogen-bond donors (Lipinski definition) is 0. The van der Waals surface area contributed by atoms with Gasteiger partial charge in [0.2, 0.25) is 0 Å². The van der Waals surface area contributed by atoms with Gasteiger partial charge in [-0.15, -0.1) is 0 Å². The van der Waals surface area contributed by atoms with E-state index in [-0.39, 0.29) is 6.04 Å². The van der Waals surface area contributed by atoms with Gasteiger partial charge >= 0.3 is 0 Å². The third-order valence-electron chi connectivity index (χ3n) is 4.87. The second-order valence-corrected chi connectivity index (χ2v) is 6.67. The number of benzene rings is 1. The Morgan fingerprint density at radius 2 is 1.96 bits per heavy atom. The van der Waals surface area contributed by atoms with Crippen molar-refractivity contribution in [1.82, 2.24) is 24.4 Å². The highest BCUT2D eigenvalue weighted by Crippen LogP contribution is 2.32. The zero-order valence-corrected chi connectivity index (χ0v) is 14.6. The predicted molar refractivity (Wildman–Crippen MR) is 96.4 cm³/mol. The summed E-state index contributed by atoms with van der Waals surface area (Å²) in [4.78, 5) is 27.7. The van der Waals surface area contributed by atoms with Gasteiger partial charge < -0.3 is 0 Å². The standard InChI is InChI=1S/C19H19F2N5O/c20-17(21)11-26-18(24-15-5-2-1-4-14(15)19(26)27)16-6-3-7-25(16)10-13-8-22-12-23-9-13/h1-2,4-5,8-9,12,16-17H,3,6-7,10-11H2. The first-order valence-corrected chi connectivity index (χ1v) is 8.89. The SMILES string of the molecule is O=c1c2ccccc2nc(C2CCCN2Cc2cncnc2)n1CC(F)F. The quantitative estimate of drug-likeness (QED) is 0.690. The van der Waals surface area contributed by atoms with Crippen molar-refractivity contribution in [3.63, 3.8) is 0 Å². The molecule has 1 aliphatic heterocycles. The molecule has 1 unspecified atom stereocenters.